The molecule has 19 heavy (non-hydrogen) atoms. The number of nitrogens with two attached hydrogens (primary N) is 1. The number of para-hydroxylation sites is 1. The van der Waals surface area contributed by atoms with E-state index in [4.69, 9.17) is 10.2 Å². The Bertz CT molecular complexity index is 511. The minimum Gasteiger partial charge on any atom is -0.459 e. The molecule has 1 aromatic carbocycles. The number of furan rings is 1. The first-order valence-electron chi connectivity index (χ1n) is 7.22. The normalized spacial score (nSPS) is 17.2. The summed E-state index contributed by atoms with van der Waals surface area (Å²) in [6.45, 7) is 5.33. The lowest BCUT2D eigenvalue weighted by atomic mass is 10.2. The van der Waals surface area contributed by atoms with Crippen LogP contribution in [0.2, 0.25) is 0 Å². The third kappa shape index (κ3) is 2.99. The summed E-state index contributed by atoms with van der Waals surface area (Å²) >= 11 is 0. The second-order valence-electron chi connectivity index (χ2n) is 5.59. The predicted molar refractivity (Wildman–Crippen MR) is 78.0 cm³/mol. The molecule has 1 aromatic heterocycles. The highest BCUT2D eigenvalue weighted by Crippen LogP contribution is 2.30. The van der Waals surface area contributed by atoms with Gasteiger partial charge in [0.1, 0.15) is 11.3 Å². The van der Waals surface area contributed by atoms with Gasteiger partial charge in [0, 0.05) is 18.5 Å². The number of fused-ring (bicyclic) bond motifs is 1. The lowest BCUT2D eigenvalue weighted by Crippen LogP contribution is -2.33. The summed E-state index contributed by atoms with van der Waals surface area (Å²) in [6, 6.07) is 10.1. The van der Waals surface area contributed by atoms with E-state index in [0.717, 1.165) is 35.7 Å². The summed E-state index contributed by atoms with van der Waals surface area (Å²) in [7, 11) is 0. The van der Waals surface area contributed by atoms with Crippen molar-refractivity contribution >= 4 is 11.0 Å². The predicted octanol–water partition coefficient (Wildman–Crippen LogP) is 3.16. The molecule has 0 radical (unpaired) electrons. The average molecular weight is 258 g/mol. The van der Waals surface area contributed by atoms with Crippen LogP contribution in [0.15, 0.2) is 34.7 Å². The highest BCUT2D eigenvalue weighted by atomic mass is 16.3. The number of hydrogen-bond acceptors (Lipinski definition) is 3. The Hall–Kier alpha value is -1.32. The van der Waals surface area contributed by atoms with E-state index < -0.39 is 0 Å². The maximum absolute atomic E-state index is 6.30. The van der Waals surface area contributed by atoms with Gasteiger partial charge in [0.2, 0.25) is 0 Å². The molecule has 1 saturated carbocycles. The standard InChI is InChI=1S/C16H22N2O/c1-2-18(10-12-7-8-12)11-14(17)16-9-13-5-3-4-6-15(13)19-16/h3-6,9,12,14H,2,7-8,10-11,17H2,1H3. The molecule has 0 saturated heterocycles. The zero-order valence-electron chi connectivity index (χ0n) is 11.5. The van der Waals surface area contributed by atoms with Crippen molar-refractivity contribution in [2.75, 3.05) is 19.6 Å². The number of hydrogen-bond donors (Lipinski definition) is 1. The molecule has 0 aliphatic heterocycles. The minimum absolute atomic E-state index is 0.0360. The smallest absolute Gasteiger partial charge is 0.134 e. The molecule has 1 unspecified atom stereocenters. The van der Waals surface area contributed by atoms with Gasteiger partial charge in [0.25, 0.3) is 0 Å². The zero-order chi connectivity index (χ0) is 13.2. The molecule has 2 aromatic rings. The van der Waals surface area contributed by atoms with Gasteiger partial charge in [-0.2, -0.15) is 0 Å². The monoisotopic (exact) mass is 258 g/mol. The molecule has 1 fully saturated rings. The molecular formula is C16H22N2O. The van der Waals surface area contributed by atoms with Crippen molar-refractivity contribution in [3.05, 3.63) is 36.1 Å². The topological polar surface area (TPSA) is 42.4 Å². The van der Waals surface area contributed by atoms with Crippen LogP contribution in [0.3, 0.4) is 0 Å². The highest BCUT2D eigenvalue weighted by Gasteiger charge is 2.25. The molecule has 2 N–H and O–H groups in total. The molecule has 3 nitrogen and oxygen atoms in total. The Morgan fingerprint density at radius 3 is 2.84 bits per heavy atom. The lowest BCUT2D eigenvalue weighted by Gasteiger charge is -2.23. The molecule has 3 heteroatoms. The molecule has 102 valence electrons. The van der Waals surface area contributed by atoms with Crippen LogP contribution in [0, 0.1) is 5.92 Å². The van der Waals surface area contributed by atoms with Gasteiger partial charge >= 0.3 is 0 Å². The Kier molecular flexibility index (Phi) is 3.58. The van der Waals surface area contributed by atoms with Crippen molar-refractivity contribution in [3.8, 4) is 0 Å². The van der Waals surface area contributed by atoms with E-state index in [1.54, 1.807) is 0 Å². The van der Waals surface area contributed by atoms with Crippen LogP contribution in [0.5, 0.6) is 0 Å². The average Bonchev–Trinajstić information content (AvgIpc) is 3.13. The first kappa shape index (κ1) is 12.7. The maximum atomic E-state index is 6.30. The molecule has 0 bridgehead atoms. The second kappa shape index (κ2) is 5.35. The van der Waals surface area contributed by atoms with Crippen LogP contribution >= 0.6 is 0 Å². The third-order valence-corrected chi connectivity index (χ3v) is 3.93. The fourth-order valence-corrected chi connectivity index (χ4v) is 2.55. The van der Waals surface area contributed by atoms with Crippen LogP contribution in [-0.4, -0.2) is 24.5 Å². The molecule has 1 aliphatic carbocycles. The van der Waals surface area contributed by atoms with E-state index >= 15 is 0 Å². The van der Waals surface area contributed by atoms with Crippen LogP contribution < -0.4 is 5.73 Å². The van der Waals surface area contributed by atoms with Gasteiger partial charge in [0.05, 0.1) is 6.04 Å². The van der Waals surface area contributed by atoms with E-state index in [9.17, 15) is 0 Å². The largest absolute Gasteiger partial charge is 0.459 e. The van der Waals surface area contributed by atoms with Crippen molar-refractivity contribution in [2.24, 2.45) is 11.7 Å². The summed E-state index contributed by atoms with van der Waals surface area (Å²) in [5, 5.41) is 1.14. The van der Waals surface area contributed by atoms with Crippen molar-refractivity contribution in [1.82, 2.24) is 4.90 Å². The highest BCUT2D eigenvalue weighted by molar-refractivity contribution is 5.77. The van der Waals surface area contributed by atoms with Crippen LogP contribution in [0.25, 0.3) is 11.0 Å². The van der Waals surface area contributed by atoms with Crippen molar-refractivity contribution < 1.29 is 4.42 Å². The molecule has 1 heterocycles. The van der Waals surface area contributed by atoms with Gasteiger partial charge in [-0.1, -0.05) is 25.1 Å². The Balaban J connectivity index is 1.69. The molecular weight excluding hydrogens is 236 g/mol. The number of rotatable bonds is 6. The van der Waals surface area contributed by atoms with Gasteiger partial charge in [-0.3, -0.25) is 0 Å². The zero-order valence-corrected chi connectivity index (χ0v) is 11.5. The van der Waals surface area contributed by atoms with Crippen molar-refractivity contribution in [2.45, 2.75) is 25.8 Å². The van der Waals surface area contributed by atoms with Gasteiger partial charge in [0.15, 0.2) is 0 Å². The van der Waals surface area contributed by atoms with E-state index in [-0.39, 0.29) is 6.04 Å². The number of benzene rings is 1. The summed E-state index contributed by atoms with van der Waals surface area (Å²) in [5.41, 5.74) is 7.22. The van der Waals surface area contributed by atoms with E-state index in [0.29, 0.717) is 0 Å². The molecule has 0 amide bonds. The number of nitrogens with zero attached hydrogens (tertiary/aromatic N) is 1. The summed E-state index contributed by atoms with van der Waals surface area (Å²) < 4.78 is 5.84. The quantitative estimate of drug-likeness (QED) is 0.865. The van der Waals surface area contributed by atoms with E-state index in [2.05, 4.69) is 24.0 Å². The van der Waals surface area contributed by atoms with Crippen molar-refractivity contribution in [3.63, 3.8) is 0 Å². The molecule has 1 aliphatic rings. The Labute approximate surface area is 114 Å². The van der Waals surface area contributed by atoms with E-state index in [1.165, 1.54) is 19.4 Å². The van der Waals surface area contributed by atoms with Gasteiger partial charge in [-0.15, -0.1) is 0 Å². The molecule has 1 atom stereocenters. The fourth-order valence-electron chi connectivity index (χ4n) is 2.55. The third-order valence-electron chi connectivity index (χ3n) is 3.93. The maximum Gasteiger partial charge on any atom is 0.134 e. The van der Waals surface area contributed by atoms with Crippen molar-refractivity contribution in [1.29, 1.82) is 0 Å². The number of likely N-dealkylation sites (N-methyl/N-ethyl adjacent to an activating group) is 1. The lowest BCUT2D eigenvalue weighted by molar-refractivity contribution is 0.250. The van der Waals surface area contributed by atoms with Gasteiger partial charge in [-0.25, -0.2) is 0 Å². The fraction of sp³-hybridized carbons (Fsp3) is 0.500. The minimum atomic E-state index is -0.0360. The van der Waals surface area contributed by atoms with Gasteiger partial charge < -0.3 is 15.1 Å². The van der Waals surface area contributed by atoms with Crippen LogP contribution in [-0.2, 0) is 0 Å². The summed E-state index contributed by atoms with van der Waals surface area (Å²) in [4.78, 5) is 2.44. The first-order valence-corrected chi connectivity index (χ1v) is 7.22. The summed E-state index contributed by atoms with van der Waals surface area (Å²) in [5.74, 6) is 1.80. The van der Waals surface area contributed by atoms with Crippen LogP contribution in [0.1, 0.15) is 31.6 Å². The second-order valence-corrected chi connectivity index (χ2v) is 5.59. The molecule has 3 rings (SSSR count). The Morgan fingerprint density at radius 1 is 1.37 bits per heavy atom. The first-order chi connectivity index (χ1) is 9.26. The van der Waals surface area contributed by atoms with Crippen LogP contribution in [0.4, 0.5) is 0 Å². The molecule has 0 spiro atoms. The SMILES string of the molecule is CCN(CC1CC1)CC(N)c1cc2ccccc2o1. The van der Waals surface area contributed by atoms with Gasteiger partial charge in [-0.05, 0) is 37.4 Å². The van der Waals surface area contributed by atoms with E-state index in [1.807, 2.05) is 18.2 Å². The Morgan fingerprint density at radius 2 is 2.16 bits per heavy atom. The summed E-state index contributed by atoms with van der Waals surface area (Å²) in [6.07, 6.45) is 2.77.